The monoisotopic (exact) mass is 315 g/mol. The molecule has 0 saturated carbocycles. The van der Waals surface area contributed by atoms with Crippen LogP contribution in [0.1, 0.15) is 29.6 Å². The van der Waals surface area contributed by atoms with Crippen molar-refractivity contribution in [3.05, 3.63) is 59.9 Å². The third-order valence-electron chi connectivity index (χ3n) is 3.37. The lowest BCUT2D eigenvalue weighted by Gasteiger charge is -2.06. The van der Waals surface area contributed by atoms with Crippen LogP contribution in [0.5, 0.6) is 5.75 Å². The lowest BCUT2D eigenvalue weighted by Crippen LogP contribution is -2.13. The predicted octanol–water partition coefficient (Wildman–Crippen LogP) is 3.83. The van der Waals surface area contributed by atoms with Crippen LogP contribution in [0.15, 0.2) is 48.5 Å². The van der Waals surface area contributed by atoms with E-state index >= 15 is 0 Å². The molecule has 1 amide bonds. The van der Waals surface area contributed by atoms with Crippen molar-refractivity contribution in [1.29, 1.82) is 0 Å². The first kappa shape index (κ1) is 16.7. The zero-order valence-electron chi connectivity index (χ0n) is 12.8. The van der Waals surface area contributed by atoms with E-state index in [0.29, 0.717) is 17.7 Å². The van der Waals surface area contributed by atoms with Crippen molar-refractivity contribution in [3.63, 3.8) is 0 Å². The topological polar surface area (TPSA) is 55.4 Å². The quantitative estimate of drug-likeness (QED) is 0.790. The number of para-hydroxylation sites is 1. The van der Waals surface area contributed by atoms with Crippen molar-refractivity contribution in [2.75, 3.05) is 12.4 Å². The van der Waals surface area contributed by atoms with E-state index in [1.54, 1.807) is 43.5 Å². The van der Waals surface area contributed by atoms with Gasteiger partial charge in [-0.2, -0.15) is 0 Å². The number of ether oxygens (including phenoxy) is 1. The fourth-order valence-corrected chi connectivity index (χ4v) is 2.11. The summed E-state index contributed by atoms with van der Waals surface area (Å²) < 4.78 is 18.4. The number of benzene rings is 2. The normalized spacial score (nSPS) is 10.2. The number of Topliss-reactive ketones (excluding diaryl/α,β-unsaturated/α-hetero) is 1. The Labute approximate surface area is 134 Å². The maximum absolute atomic E-state index is 13.4. The summed E-state index contributed by atoms with van der Waals surface area (Å²) in [6.45, 7) is 0. The number of amides is 1. The van der Waals surface area contributed by atoms with E-state index in [-0.39, 0.29) is 30.2 Å². The van der Waals surface area contributed by atoms with Crippen molar-refractivity contribution >= 4 is 17.4 Å². The Kier molecular flexibility index (Phi) is 5.86. The van der Waals surface area contributed by atoms with Crippen LogP contribution in [-0.2, 0) is 4.79 Å². The highest BCUT2D eigenvalue weighted by molar-refractivity contribution is 5.96. The molecule has 120 valence electrons. The predicted molar refractivity (Wildman–Crippen MR) is 86.2 cm³/mol. The van der Waals surface area contributed by atoms with Gasteiger partial charge in [-0.3, -0.25) is 9.59 Å². The fraction of sp³-hybridized carbons (Fsp3) is 0.222. The first-order chi connectivity index (χ1) is 11.1. The van der Waals surface area contributed by atoms with Gasteiger partial charge >= 0.3 is 0 Å². The summed E-state index contributed by atoms with van der Waals surface area (Å²) in [4.78, 5) is 23.8. The minimum Gasteiger partial charge on any atom is -0.497 e. The van der Waals surface area contributed by atoms with Crippen molar-refractivity contribution in [2.45, 2.75) is 19.3 Å². The Morgan fingerprint density at radius 2 is 1.74 bits per heavy atom. The number of anilines is 1. The summed E-state index contributed by atoms with van der Waals surface area (Å²) in [5.74, 6) is -0.134. The third-order valence-corrected chi connectivity index (χ3v) is 3.37. The number of halogens is 1. The molecule has 0 spiro atoms. The maximum atomic E-state index is 13.4. The van der Waals surface area contributed by atoms with E-state index in [9.17, 15) is 14.0 Å². The molecule has 0 bridgehead atoms. The molecule has 0 aliphatic heterocycles. The van der Waals surface area contributed by atoms with Gasteiger partial charge in [0.05, 0.1) is 12.8 Å². The van der Waals surface area contributed by atoms with Crippen molar-refractivity contribution in [1.82, 2.24) is 0 Å². The van der Waals surface area contributed by atoms with E-state index < -0.39 is 5.82 Å². The van der Waals surface area contributed by atoms with Crippen LogP contribution >= 0.6 is 0 Å². The lowest BCUT2D eigenvalue weighted by atomic mass is 10.1. The molecule has 2 aromatic carbocycles. The van der Waals surface area contributed by atoms with E-state index in [2.05, 4.69) is 5.32 Å². The van der Waals surface area contributed by atoms with Crippen LogP contribution < -0.4 is 10.1 Å². The number of methoxy groups -OCH3 is 1. The Morgan fingerprint density at radius 3 is 2.39 bits per heavy atom. The molecule has 2 aromatic rings. The van der Waals surface area contributed by atoms with Crippen LogP contribution in [0.4, 0.5) is 10.1 Å². The van der Waals surface area contributed by atoms with E-state index in [1.807, 2.05) is 0 Å². The van der Waals surface area contributed by atoms with E-state index in [0.717, 1.165) is 0 Å². The van der Waals surface area contributed by atoms with Gasteiger partial charge in [-0.05, 0) is 42.8 Å². The number of ketones is 1. The number of rotatable bonds is 7. The van der Waals surface area contributed by atoms with Gasteiger partial charge in [0, 0.05) is 18.4 Å². The highest BCUT2D eigenvalue weighted by atomic mass is 19.1. The van der Waals surface area contributed by atoms with Gasteiger partial charge in [-0.15, -0.1) is 0 Å². The average molecular weight is 315 g/mol. The number of hydrogen-bond acceptors (Lipinski definition) is 3. The molecule has 0 aromatic heterocycles. The molecule has 0 atom stereocenters. The Hall–Kier alpha value is -2.69. The lowest BCUT2D eigenvalue weighted by molar-refractivity contribution is -0.116. The second-order valence-corrected chi connectivity index (χ2v) is 5.03. The van der Waals surface area contributed by atoms with Gasteiger partial charge in [-0.25, -0.2) is 4.39 Å². The molecule has 5 heteroatoms. The van der Waals surface area contributed by atoms with Gasteiger partial charge < -0.3 is 10.1 Å². The van der Waals surface area contributed by atoms with Gasteiger partial charge in [0.1, 0.15) is 11.6 Å². The first-order valence-electron chi connectivity index (χ1n) is 7.32. The van der Waals surface area contributed by atoms with Gasteiger partial charge in [-0.1, -0.05) is 12.1 Å². The summed E-state index contributed by atoms with van der Waals surface area (Å²) >= 11 is 0. The Morgan fingerprint density at radius 1 is 1.04 bits per heavy atom. The standard InChI is InChI=1S/C18H18FNO3/c1-23-14-11-9-13(10-12-14)17(21)7-4-8-18(22)20-16-6-3-2-5-15(16)19/h2-3,5-6,9-12H,4,7-8H2,1H3,(H,20,22). The van der Waals surface area contributed by atoms with Crippen molar-refractivity contribution in [3.8, 4) is 5.75 Å². The molecule has 0 saturated heterocycles. The van der Waals surface area contributed by atoms with Crippen LogP contribution in [0, 0.1) is 5.82 Å². The molecule has 0 unspecified atom stereocenters. The van der Waals surface area contributed by atoms with Gasteiger partial charge in [0.15, 0.2) is 5.78 Å². The molecular weight excluding hydrogens is 297 g/mol. The average Bonchev–Trinajstić information content (AvgIpc) is 2.57. The minimum absolute atomic E-state index is 0.0358. The molecule has 2 rings (SSSR count). The van der Waals surface area contributed by atoms with Crippen LogP contribution in [-0.4, -0.2) is 18.8 Å². The van der Waals surface area contributed by atoms with E-state index in [1.165, 1.54) is 12.1 Å². The van der Waals surface area contributed by atoms with Gasteiger partial charge in [0.25, 0.3) is 0 Å². The molecule has 4 nitrogen and oxygen atoms in total. The van der Waals surface area contributed by atoms with Crippen LogP contribution in [0.3, 0.4) is 0 Å². The maximum Gasteiger partial charge on any atom is 0.224 e. The summed E-state index contributed by atoms with van der Waals surface area (Å²) in [5, 5.41) is 2.50. The summed E-state index contributed by atoms with van der Waals surface area (Å²) in [6, 6.07) is 12.8. The Balaban J connectivity index is 1.78. The fourth-order valence-electron chi connectivity index (χ4n) is 2.11. The number of carbonyl (C=O) groups excluding carboxylic acids is 2. The SMILES string of the molecule is COc1ccc(C(=O)CCCC(=O)Nc2ccccc2F)cc1. The Bertz CT molecular complexity index is 683. The summed E-state index contributed by atoms with van der Waals surface area (Å²) in [6.07, 6.45) is 0.832. The largest absolute Gasteiger partial charge is 0.497 e. The highest BCUT2D eigenvalue weighted by Crippen LogP contribution is 2.15. The first-order valence-corrected chi connectivity index (χ1v) is 7.32. The summed E-state index contributed by atoms with van der Waals surface area (Å²) in [5.41, 5.74) is 0.735. The molecule has 0 aliphatic carbocycles. The smallest absolute Gasteiger partial charge is 0.224 e. The molecule has 23 heavy (non-hydrogen) atoms. The zero-order valence-corrected chi connectivity index (χ0v) is 12.8. The zero-order chi connectivity index (χ0) is 16.7. The van der Waals surface area contributed by atoms with Crippen LogP contribution in [0.2, 0.25) is 0 Å². The molecular formula is C18H18FNO3. The van der Waals surface area contributed by atoms with Gasteiger partial charge in [0.2, 0.25) is 5.91 Å². The van der Waals surface area contributed by atoms with Crippen molar-refractivity contribution in [2.24, 2.45) is 0 Å². The summed E-state index contributed by atoms with van der Waals surface area (Å²) in [7, 11) is 1.56. The molecule has 0 aliphatic rings. The second kappa shape index (κ2) is 8.08. The molecule has 0 heterocycles. The van der Waals surface area contributed by atoms with Crippen LogP contribution in [0.25, 0.3) is 0 Å². The van der Waals surface area contributed by atoms with E-state index in [4.69, 9.17) is 4.74 Å². The van der Waals surface area contributed by atoms with Crippen molar-refractivity contribution < 1.29 is 18.7 Å². The molecule has 0 fully saturated rings. The number of nitrogens with one attached hydrogen (secondary N) is 1. The highest BCUT2D eigenvalue weighted by Gasteiger charge is 2.09. The molecule has 1 N–H and O–H groups in total. The number of hydrogen-bond donors (Lipinski definition) is 1. The number of carbonyl (C=O) groups is 2. The minimum atomic E-state index is -0.477. The molecule has 0 radical (unpaired) electrons. The second-order valence-electron chi connectivity index (χ2n) is 5.03. The third kappa shape index (κ3) is 4.92.